The van der Waals surface area contributed by atoms with Gasteiger partial charge in [0.1, 0.15) is 5.76 Å². The average molecular weight is 332 g/mol. The van der Waals surface area contributed by atoms with E-state index in [1.54, 1.807) is 6.08 Å². The Kier molecular flexibility index (Phi) is 4.54. The molecule has 2 heteroatoms. The standard InChI is InChI=1S/C23H24O2/c1-6-7-12-20-17(3)24-22-15-16(2)23(4,5)19-11-9-8-10-18(19)13-14-21(22)25-20/h6-12,14-15H,1-2,13H2,3-5H3/b12-7-,21-14+,22-15+. The maximum Gasteiger partial charge on any atom is 0.169 e. The number of hydrogen-bond acceptors (Lipinski definition) is 2. The predicted octanol–water partition coefficient (Wildman–Crippen LogP) is 5.86. The van der Waals surface area contributed by atoms with E-state index in [1.807, 2.05) is 25.2 Å². The molecule has 128 valence electrons. The second-order valence-corrected chi connectivity index (χ2v) is 6.81. The molecule has 0 amide bonds. The monoisotopic (exact) mass is 332 g/mol. The van der Waals surface area contributed by atoms with Crippen LogP contribution in [0.5, 0.6) is 0 Å². The molecule has 1 aliphatic heterocycles. The first-order valence-electron chi connectivity index (χ1n) is 8.49. The minimum Gasteiger partial charge on any atom is -0.454 e. The Bertz CT molecular complexity index is 845. The van der Waals surface area contributed by atoms with Gasteiger partial charge in [0, 0.05) is 5.41 Å². The van der Waals surface area contributed by atoms with Gasteiger partial charge in [0.15, 0.2) is 17.3 Å². The minimum absolute atomic E-state index is 0.184. The van der Waals surface area contributed by atoms with Crippen LogP contribution >= 0.6 is 0 Å². The molecule has 1 aliphatic carbocycles. The van der Waals surface area contributed by atoms with Gasteiger partial charge in [-0.15, -0.1) is 0 Å². The van der Waals surface area contributed by atoms with Crippen molar-refractivity contribution in [1.82, 2.24) is 0 Å². The van der Waals surface area contributed by atoms with Crippen LogP contribution in [0, 0.1) is 0 Å². The van der Waals surface area contributed by atoms with Crippen molar-refractivity contribution in [2.45, 2.75) is 32.6 Å². The summed E-state index contributed by atoms with van der Waals surface area (Å²) < 4.78 is 12.2. The molecule has 0 spiro atoms. The lowest BCUT2D eigenvalue weighted by Gasteiger charge is -2.29. The fourth-order valence-electron chi connectivity index (χ4n) is 3.08. The van der Waals surface area contributed by atoms with Gasteiger partial charge in [0.25, 0.3) is 0 Å². The molecular formula is C23H24O2. The number of benzene rings is 1. The summed E-state index contributed by atoms with van der Waals surface area (Å²) in [5.41, 5.74) is 3.36. The van der Waals surface area contributed by atoms with Crippen LogP contribution in [0.25, 0.3) is 0 Å². The second kappa shape index (κ2) is 6.64. The zero-order valence-corrected chi connectivity index (χ0v) is 15.1. The van der Waals surface area contributed by atoms with E-state index < -0.39 is 0 Å². The number of ether oxygens (including phenoxy) is 2. The van der Waals surface area contributed by atoms with Crippen molar-refractivity contribution in [1.29, 1.82) is 0 Å². The van der Waals surface area contributed by atoms with Gasteiger partial charge in [-0.1, -0.05) is 63.4 Å². The smallest absolute Gasteiger partial charge is 0.169 e. The van der Waals surface area contributed by atoms with Gasteiger partial charge in [0.2, 0.25) is 0 Å². The van der Waals surface area contributed by atoms with Crippen molar-refractivity contribution in [2.24, 2.45) is 0 Å². The predicted molar refractivity (Wildman–Crippen MR) is 103 cm³/mol. The van der Waals surface area contributed by atoms with Crippen LogP contribution in [0.1, 0.15) is 31.9 Å². The van der Waals surface area contributed by atoms with Crippen LogP contribution in [-0.4, -0.2) is 0 Å². The third-order valence-electron chi connectivity index (χ3n) is 4.76. The highest BCUT2D eigenvalue weighted by atomic mass is 16.6. The van der Waals surface area contributed by atoms with Crippen molar-refractivity contribution < 1.29 is 9.47 Å². The van der Waals surface area contributed by atoms with E-state index in [1.165, 1.54) is 11.1 Å². The Hall–Kier alpha value is -2.74. The first kappa shape index (κ1) is 17.1. The first-order chi connectivity index (χ1) is 11.9. The van der Waals surface area contributed by atoms with E-state index in [9.17, 15) is 0 Å². The van der Waals surface area contributed by atoms with E-state index in [0.29, 0.717) is 11.5 Å². The molecule has 1 aromatic rings. The summed E-state index contributed by atoms with van der Waals surface area (Å²) in [7, 11) is 0. The van der Waals surface area contributed by atoms with Crippen LogP contribution in [-0.2, 0) is 21.3 Å². The normalized spacial score (nSPS) is 23.6. The van der Waals surface area contributed by atoms with Crippen molar-refractivity contribution in [3.63, 3.8) is 0 Å². The summed E-state index contributed by atoms with van der Waals surface area (Å²) in [6.07, 6.45) is 10.3. The van der Waals surface area contributed by atoms with Gasteiger partial charge >= 0.3 is 0 Å². The topological polar surface area (TPSA) is 18.5 Å². The lowest BCUT2D eigenvalue weighted by atomic mass is 9.76. The lowest BCUT2D eigenvalue weighted by Crippen LogP contribution is -2.21. The van der Waals surface area contributed by atoms with Gasteiger partial charge in [-0.3, -0.25) is 0 Å². The van der Waals surface area contributed by atoms with E-state index >= 15 is 0 Å². The Labute approximate surface area is 150 Å². The number of allylic oxidation sites excluding steroid dienone is 7. The number of rotatable bonds is 2. The molecule has 2 aliphatic rings. The van der Waals surface area contributed by atoms with E-state index in [0.717, 1.165) is 23.5 Å². The summed E-state index contributed by atoms with van der Waals surface area (Å²) in [6.45, 7) is 14.3. The maximum atomic E-state index is 6.10. The first-order valence-corrected chi connectivity index (χ1v) is 8.49. The highest BCUT2D eigenvalue weighted by Crippen LogP contribution is 2.38. The molecule has 0 bridgehead atoms. The van der Waals surface area contributed by atoms with Crippen molar-refractivity contribution in [3.05, 3.63) is 108 Å². The Morgan fingerprint density at radius 2 is 1.88 bits per heavy atom. The summed E-state index contributed by atoms with van der Waals surface area (Å²) in [5, 5.41) is 0. The summed E-state index contributed by atoms with van der Waals surface area (Å²) in [5.74, 6) is 2.85. The maximum absolute atomic E-state index is 6.10. The summed E-state index contributed by atoms with van der Waals surface area (Å²) >= 11 is 0. The quantitative estimate of drug-likeness (QED) is 0.631. The van der Waals surface area contributed by atoms with Gasteiger partial charge in [0.05, 0.1) is 0 Å². The molecule has 2 nitrogen and oxygen atoms in total. The Morgan fingerprint density at radius 1 is 1.12 bits per heavy atom. The lowest BCUT2D eigenvalue weighted by molar-refractivity contribution is 0.179. The fourth-order valence-corrected chi connectivity index (χ4v) is 3.08. The number of hydrogen-bond donors (Lipinski definition) is 0. The molecular weight excluding hydrogens is 308 g/mol. The Balaban J connectivity index is 2.10. The fraction of sp³-hybridized carbons (Fsp3) is 0.217. The van der Waals surface area contributed by atoms with E-state index in [-0.39, 0.29) is 5.41 Å². The zero-order valence-electron chi connectivity index (χ0n) is 15.1. The summed E-state index contributed by atoms with van der Waals surface area (Å²) in [6, 6.07) is 8.49. The van der Waals surface area contributed by atoms with Crippen LogP contribution in [0.3, 0.4) is 0 Å². The second-order valence-electron chi connectivity index (χ2n) is 6.81. The molecule has 0 atom stereocenters. The third kappa shape index (κ3) is 3.25. The van der Waals surface area contributed by atoms with Gasteiger partial charge < -0.3 is 9.47 Å². The van der Waals surface area contributed by atoms with Gasteiger partial charge in [-0.05, 0) is 48.3 Å². The molecule has 0 unspecified atom stereocenters. The summed E-state index contributed by atoms with van der Waals surface area (Å²) in [4.78, 5) is 0. The van der Waals surface area contributed by atoms with Crippen molar-refractivity contribution in [2.75, 3.05) is 0 Å². The van der Waals surface area contributed by atoms with E-state index in [4.69, 9.17) is 9.47 Å². The SMILES string of the molecule is C=C/C=C\C1=C(C)OC2=C/C(=C)C(C)(C)c3ccccc3C/C=C\2O1. The molecule has 0 fully saturated rings. The number of fused-ring (bicyclic) bond motifs is 2. The van der Waals surface area contributed by atoms with Crippen LogP contribution in [0.2, 0.25) is 0 Å². The largest absolute Gasteiger partial charge is 0.454 e. The average Bonchev–Trinajstić information content (AvgIpc) is 2.63. The third-order valence-corrected chi connectivity index (χ3v) is 4.76. The molecule has 25 heavy (non-hydrogen) atoms. The van der Waals surface area contributed by atoms with Crippen LogP contribution < -0.4 is 0 Å². The minimum atomic E-state index is -0.184. The molecule has 0 saturated heterocycles. The highest BCUT2D eigenvalue weighted by Gasteiger charge is 2.29. The van der Waals surface area contributed by atoms with Gasteiger partial charge in [-0.25, -0.2) is 0 Å². The highest BCUT2D eigenvalue weighted by molar-refractivity contribution is 5.48. The molecule has 1 aromatic carbocycles. The molecule has 3 rings (SSSR count). The molecule has 1 heterocycles. The van der Waals surface area contributed by atoms with Crippen LogP contribution in [0.4, 0.5) is 0 Å². The van der Waals surface area contributed by atoms with Crippen molar-refractivity contribution >= 4 is 0 Å². The molecule has 0 radical (unpaired) electrons. The van der Waals surface area contributed by atoms with E-state index in [2.05, 4.69) is 57.3 Å². The molecule has 0 aromatic heterocycles. The Morgan fingerprint density at radius 3 is 2.64 bits per heavy atom. The van der Waals surface area contributed by atoms with Crippen LogP contribution in [0.15, 0.2) is 96.4 Å². The zero-order chi connectivity index (χ0) is 18.0. The molecule has 0 saturated carbocycles. The molecule has 0 N–H and O–H groups in total. The van der Waals surface area contributed by atoms with Gasteiger partial charge in [-0.2, -0.15) is 0 Å². The van der Waals surface area contributed by atoms with Crippen molar-refractivity contribution in [3.8, 4) is 0 Å².